The lowest BCUT2D eigenvalue weighted by atomic mass is 10.1. The minimum atomic E-state index is -0.710. The van der Waals surface area contributed by atoms with Crippen LogP contribution in [0.5, 0.6) is 5.75 Å². The molecule has 2 fully saturated rings. The van der Waals surface area contributed by atoms with E-state index in [4.69, 9.17) is 4.74 Å². The van der Waals surface area contributed by atoms with E-state index in [-0.39, 0.29) is 17.8 Å². The van der Waals surface area contributed by atoms with Crippen LogP contribution < -0.4 is 9.64 Å². The van der Waals surface area contributed by atoms with Crippen molar-refractivity contribution in [2.45, 2.75) is 18.9 Å². The highest BCUT2D eigenvalue weighted by molar-refractivity contribution is 5.92. The number of carbonyl (C=O) groups excluding carboxylic acids is 1. The first-order valence-corrected chi connectivity index (χ1v) is 10.3. The van der Waals surface area contributed by atoms with Crippen LogP contribution in [0, 0.1) is 11.6 Å². The van der Waals surface area contributed by atoms with E-state index in [1.807, 2.05) is 12.1 Å². The van der Waals surface area contributed by atoms with Gasteiger partial charge in [-0.25, -0.2) is 13.8 Å². The summed E-state index contributed by atoms with van der Waals surface area (Å²) in [5, 5.41) is 0. The molecule has 1 aromatic carbocycles. The number of piperazine rings is 1. The molecule has 0 radical (unpaired) electrons. The number of ether oxygens (including phenoxy) is 1. The molecular formula is C22H26F2N4O2. The van der Waals surface area contributed by atoms with E-state index in [1.165, 1.54) is 12.1 Å². The minimum absolute atomic E-state index is 0.0442. The third kappa shape index (κ3) is 4.70. The number of hydrogen-bond acceptors (Lipinski definition) is 5. The molecule has 8 heteroatoms. The second kappa shape index (κ2) is 8.95. The Morgan fingerprint density at radius 3 is 2.47 bits per heavy atom. The molecule has 30 heavy (non-hydrogen) atoms. The van der Waals surface area contributed by atoms with Crippen molar-refractivity contribution < 1.29 is 18.3 Å². The fraction of sp³-hybridized carbons (Fsp3) is 0.455. The maximum atomic E-state index is 13.8. The average Bonchev–Trinajstić information content (AvgIpc) is 2.76. The Kier molecular flexibility index (Phi) is 6.13. The maximum absolute atomic E-state index is 13.8. The summed E-state index contributed by atoms with van der Waals surface area (Å²) in [4.78, 5) is 23.8. The predicted molar refractivity (Wildman–Crippen MR) is 110 cm³/mol. The Morgan fingerprint density at radius 1 is 1.03 bits per heavy atom. The van der Waals surface area contributed by atoms with Crippen LogP contribution in [0.1, 0.15) is 23.3 Å². The lowest BCUT2D eigenvalue weighted by Gasteiger charge is -2.34. The summed E-state index contributed by atoms with van der Waals surface area (Å²) in [7, 11) is 2.10. The standard InChI is InChI=1S/C22H26F2N4O2/c1-26-11-13-27(14-12-26)21-4-2-3-19(25-21)22(29)28-9-7-17(8-10-28)30-20-6-5-16(23)15-18(20)24/h2-6,15,17H,7-14H2,1H3. The van der Waals surface area contributed by atoms with Crippen molar-refractivity contribution in [3.8, 4) is 5.75 Å². The number of likely N-dealkylation sites (tertiary alicyclic amines) is 1. The number of likely N-dealkylation sites (N-methyl/N-ethyl adjacent to an activating group) is 1. The number of carbonyl (C=O) groups is 1. The molecule has 160 valence electrons. The zero-order chi connectivity index (χ0) is 21.1. The maximum Gasteiger partial charge on any atom is 0.272 e. The van der Waals surface area contributed by atoms with Gasteiger partial charge in [-0.2, -0.15) is 0 Å². The van der Waals surface area contributed by atoms with Gasteiger partial charge in [0.1, 0.15) is 23.4 Å². The highest BCUT2D eigenvalue weighted by atomic mass is 19.1. The van der Waals surface area contributed by atoms with Gasteiger partial charge in [-0.1, -0.05) is 6.07 Å². The molecule has 0 unspecified atom stereocenters. The molecule has 0 spiro atoms. The number of aromatic nitrogens is 1. The number of benzene rings is 1. The van der Waals surface area contributed by atoms with E-state index in [0.29, 0.717) is 31.6 Å². The van der Waals surface area contributed by atoms with E-state index in [0.717, 1.165) is 38.1 Å². The smallest absolute Gasteiger partial charge is 0.272 e. The Hall–Kier alpha value is -2.74. The molecule has 1 amide bonds. The molecule has 3 heterocycles. The summed E-state index contributed by atoms with van der Waals surface area (Å²) >= 11 is 0. The van der Waals surface area contributed by atoms with Crippen LogP contribution in [0.25, 0.3) is 0 Å². The molecule has 2 aliphatic heterocycles. The van der Waals surface area contributed by atoms with E-state index < -0.39 is 11.6 Å². The number of anilines is 1. The number of amides is 1. The van der Waals surface area contributed by atoms with Gasteiger partial charge in [0, 0.05) is 58.2 Å². The molecule has 0 atom stereocenters. The number of halogens is 2. The molecule has 1 aromatic heterocycles. The second-order valence-electron chi connectivity index (χ2n) is 7.86. The Bertz CT molecular complexity index is 894. The first-order chi connectivity index (χ1) is 14.5. The quantitative estimate of drug-likeness (QED) is 0.767. The number of nitrogens with zero attached hydrogens (tertiary/aromatic N) is 4. The lowest BCUT2D eigenvalue weighted by molar-refractivity contribution is 0.0583. The van der Waals surface area contributed by atoms with Gasteiger partial charge in [0.15, 0.2) is 11.6 Å². The molecule has 4 rings (SSSR count). The second-order valence-corrected chi connectivity index (χ2v) is 7.86. The van der Waals surface area contributed by atoms with Crippen molar-refractivity contribution in [2.75, 3.05) is 51.2 Å². The van der Waals surface area contributed by atoms with Crippen molar-refractivity contribution in [2.24, 2.45) is 0 Å². The van der Waals surface area contributed by atoms with Crippen LogP contribution in [-0.2, 0) is 0 Å². The number of hydrogen-bond donors (Lipinski definition) is 0. The molecule has 0 bridgehead atoms. The number of rotatable bonds is 4. The fourth-order valence-corrected chi connectivity index (χ4v) is 3.84. The van der Waals surface area contributed by atoms with Crippen LogP contribution >= 0.6 is 0 Å². The van der Waals surface area contributed by atoms with Gasteiger partial charge in [-0.3, -0.25) is 4.79 Å². The van der Waals surface area contributed by atoms with Gasteiger partial charge in [0.05, 0.1) is 0 Å². The fourth-order valence-electron chi connectivity index (χ4n) is 3.84. The zero-order valence-corrected chi connectivity index (χ0v) is 17.1. The van der Waals surface area contributed by atoms with E-state index in [2.05, 4.69) is 21.8 Å². The molecule has 6 nitrogen and oxygen atoms in total. The van der Waals surface area contributed by atoms with Crippen molar-refractivity contribution in [1.82, 2.24) is 14.8 Å². The van der Waals surface area contributed by atoms with Gasteiger partial charge in [-0.15, -0.1) is 0 Å². The molecule has 2 aliphatic rings. The Balaban J connectivity index is 1.34. The summed E-state index contributed by atoms with van der Waals surface area (Å²) < 4.78 is 32.5. The van der Waals surface area contributed by atoms with Crippen molar-refractivity contribution in [3.63, 3.8) is 0 Å². The summed E-state index contributed by atoms with van der Waals surface area (Å²) in [5.41, 5.74) is 0.440. The molecule has 0 N–H and O–H groups in total. The SMILES string of the molecule is CN1CCN(c2cccc(C(=O)N3CCC(Oc4ccc(F)cc4F)CC3)n2)CC1. The summed E-state index contributed by atoms with van der Waals surface area (Å²) in [6.45, 7) is 4.75. The minimum Gasteiger partial charge on any atom is -0.487 e. The topological polar surface area (TPSA) is 48.9 Å². The first-order valence-electron chi connectivity index (χ1n) is 10.3. The summed E-state index contributed by atoms with van der Waals surface area (Å²) in [5.74, 6) is -0.566. The van der Waals surface area contributed by atoms with Crippen LogP contribution in [0.3, 0.4) is 0 Å². The highest BCUT2D eigenvalue weighted by Gasteiger charge is 2.26. The van der Waals surface area contributed by atoms with E-state index in [1.54, 1.807) is 11.0 Å². The molecule has 2 saturated heterocycles. The van der Waals surface area contributed by atoms with Crippen LogP contribution in [0.4, 0.5) is 14.6 Å². The Labute approximate surface area is 175 Å². The average molecular weight is 416 g/mol. The van der Waals surface area contributed by atoms with Crippen LogP contribution in [0.15, 0.2) is 36.4 Å². The van der Waals surface area contributed by atoms with Gasteiger partial charge in [0.2, 0.25) is 0 Å². The van der Waals surface area contributed by atoms with Crippen LogP contribution in [0.2, 0.25) is 0 Å². The van der Waals surface area contributed by atoms with Gasteiger partial charge >= 0.3 is 0 Å². The zero-order valence-electron chi connectivity index (χ0n) is 17.1. The van der Waals surface area contributed by atoms with Crippen molar-refractivity contribution in [3.05, 3.63) is 53.7 Å². The largest absolute Gasteiger partial charge is 0.487 e. The molecular weight excluding hydrogens is 390 g/mol. The predicted octanol–water partition coefficient (Wildman–Crippen LogP) is 2.80. The summed E-state index contributed by atoms with van der Waals surface area (Å²) in [6.07, 6.45) is 0.958. The van der Waals surface area contributed by atoms with Crippen molar-refractivity contribution in [1.29, 1.82) is 0 Å². The van der Waals surface area contributed by atoms with Crippen molar-refractivity contribution >= 4 is 11.7 Å². The third-order valence-electron chi connectivity index (χ3n) is 5.70. The Morgan fingerprint density at radius 2 is 1.77 bits per heavy atom. The first kappa shape index (κ1) is 20.5. The van der Waals surface area contributed by atoms with Gasteiger partial charge in [-0.05, 0) is 31.3 Å². The normalized spacial score (nSPS) is 18.5. The molecule has 0 saturated carbocycles. The molecule has 2 aromatic rings. The summed E-state index contributed by atoms with van der Waals surface area (Å²) in [6, 6.07) is 8.86. The lowest BCUT2D eigenvalue weighted by Crippen LogP contribution is -2.45. The number of pyridine rings is 1. The monoisotopic (exact) mass is 416 g/mol. The number of piperidine rings is 1. The van der Waals surface area contributed by atoms with Gasteiger partial charge < -0.3 is 19.4 Å². The van der Waals surface area contributed by atoms with E-state index >= 15 is 0 Å². The highest BCUT2D eigenvalue weighted by Crippen LogP contribution is 2.24. The van der Waals surface area contributed by atoms with Crippen LogP contribution in [-0.4, -0.2) is 73.1 Å². The van der Waals surface area contributed by atoms with E-state index in [9.17, 15) is 13.6 Å². The van der Waals surface area contributed by atoms with Gasteiger partial charge in [0.25, 0.3) is 5.91 Å². The molecule has 0 aliphatic carbocycles. The third-order valence-corrected chi connectivity index (χ3v) is 5.70.